The molecular formula is C21H22N4O. The predicted octanol–water partition coefficient (Wildman–Crippen LogP) is 3.72. The molecule has 1 amide bonds. The van der Waals surface area contributed by atoms with Crippen LogP contribution in [0.5, 0.6) is 0 Å². The fourth-order valence-corrected chi connectivity index (χ4v) is 3.47. The van der Waals surface area contributed by atoms with Crippen molar-refractivity contribution >= 4 is 22.6 Å². The maximum atomic E-state index is 12.7. The topological polar surface area (TPSA) is 58.1 Å². The summed E-state index contributed by atoms with van der Waals surface area (Å²) >= 11 is 0. The van der Waals surface area contributed by atoms with Gasteiger partial charge in [-0.1, -0.05) is 30.3 Å². The summed E-state index contributed by atoms with van der Waals surface area (Å²) in [6.45, 7) is 4.01. The molecule has 2 aromatic carbocycles. The molecule has 5 nitrogen and oxygen atoms in total. The molecular weight excluding hydrogens is 324 g/mol. The number of hydrogen-bond donors (Lipinski definition) is 1. The van der Waals surface area contributed by atoms with Crippen LogP contribution in [0.25, 0.3) is 10.9 Å². The molecule has 0 unspecified atom stereocenters. The van der Waals surface area contributed by atoms with Crippen LogP contribution in [0.2, 0.25) is 0 Å². The van der Waals surface area contributed by atoms with Crippen molar-refractivity contribution in [3.05, 3.63) is 66.0 Å². The number of amides is 1. The molecule has 0 radical (unpaired) electrons. The zero-order valence-corrected chi connectivity index (χ0v) is 14.9. The number of carbonyl (C=O) groups is 1. The summed E-state index contributed by atoms with van der Waals surface area (Å²) in [6, 6.07) is 15.6. The molecule has 26 heavy (non-hydrogen) atoms. The van der Waals surface area contributed by atoms with Crippen molar-refractivity contribution in [3.8, 4) is 0 Å². The molecule has 5 heteroatoms. The molecule has 0 aliphatic carbocycles. The molecule has 4 rings (SSSR count). The zero-order chi connectivity index (χ0) is 17.9. The Balaban J connectivity index is 1.62. The highest BCUT2D eigenvalue weighted by molar-refractivity contribution is 6.00. The Kier molecular flexibility index (Phi) is 4.52. The van der Waals surface area contributed by atoms with Crippen LogP contribution < -0.4 is 10.2 Å². The standard InChI is InChI=1S/C21H22N4O/c1-15(16-7-3-2-4-8-16)24-21(26)17-9-10-19-18(13-17)20(23-14-22-19)25-11-5-6-12-25/h2-4,7-10,13-15H,5-6,11-12H2,1H3,(H,24,26)/t15-/m0/s1. The summed E-state index contributed by atoms with van der Waals surface area (Å²) < 4.78 is 0. The Morgan fingerprint density at radius 3 is 2.62 bits per heavy atom. The van der Waals surface area contributed by atoms with Gasteiger partial charge in [-0.15, -0.1) is 0 Å². The van der Waals surface area contributed by atoms with E-state index < -0.39 is 0 Å². The molecule has 0 spiro atoms. The maximum Gasteiger partial charge on any atom is 0.251 e. The third-order valence-corrected chi connectivity index (χ3v) is 4.93. The van der Waals surface area contributed by atoms with E-state index in [2.05, 4.69) is 20.2 Å². The van der Waals surface area contributed by atoms with Gasteiger partial charge in [-0.05, 0) is 43.5 Å². The number of rotatable bonds is 4. The van der Waals surface area contributed by atoms with Crippen molar-refractivity contribution in [1.82, 2.24) is 15.3 Å². The molecule has 3 aromatic rings. The largest absolute Gasteiger partial charge is 0.356 e. The highest BCUT2D eigenvalue weighted by atomic mass is 16.1. The number of aromatic nitrogens is 2. The van der Waals surface area contributed by atoms with Crippen LogP contribution >= 0.6 is 0 Å². The van der Waals surface area contributed by atoms with E-state index in [1.54, 1.807) is 6.33 Å². The van der Waals surface area contributed by atoms with E-state index in [1.165, 1.54) is 12.8 Å². The Labute approximate surface area is 153 Å². The third kappa shape index (κ3) is 3.25. The molecule has 1 saturated heterocycles. The number of benzene rings is 2. The lowest BCUT2D eigenvalue weighted by molar-refractivity contribution is 0.0940. The number of fused-ring (bicyclic) bond motifs is 1. The van der Waals surface area contributed by atoms with Gasteiger partial charge in [0, 0.05) is 24.0 Å². The van der Waals surface area contributed by atoms with Gasteiger partial charge in [0.25, 0.3) is 5.91 Å². The Hall–Kier alpha value is -2.95. The van der Waals surface area contributed by atoms with Crippen molar-refractivity contribution in [1.29, 1.82) is 0 Å². The van der Waals surface area contributed by atoms with E-state index in [4.69, 9.17) is 0 Å². The van der Waals surface area contributed by atoms with Gasteiger partial charge in [0.15, 0.2) is 0 Å². The molecule has 2 heterocycles. The summed E-state index contributed by atoms with van der Waals surface area (Å²) in [6.07, 6.45) is 3.97. The third-order valence-electron chi connectivity index (χ3n) is 4.93. The lowest BCUT2D eigenvalue weighted by atomic mass is 10.1. The van der Waals surface area contributed by atoms with E-state index in [0.29, 0.717) is 5.56 Å². The van der Waals surface area contributed by atoms with Crippen LogP contribution in [0.3, 0.4) is 0 Å². The first kappa shape index (κ1) is 16.5. The molecule has 1 aromatic heterocycles. The summed E-state index contributed by atoms with van der Waals surface area (Å²) in [5.41, 5.74) is 2.59. The highest BCUT2D eigenvalue weighted by Gasteiger charge is 2.18. The average Bonchev–Trinajstić information content (AvgIpc) is 3.22. The van der Waals surface area contributed by atoms with Gasteiger partial charge >= 0.3 is 0 Å². The van der Waals surface area contributed by atoms with Crippen molar-refractivity contribution in [2.75, 3.05) is 18.0 Å². The maximum absolute atomic E-state index is 12.7. The molecule has 1 fully saturated rings. The average molecular weight is 346 g/mol. The summed E-state index contributed by atoms with van der Waals surface area (Å²) in [5, 5.41) is 4.01. The van der Waals surface area contributed by atoms with Gasteiger partial charge in [-0.25, -0.2) is 9.97 Å². The monoisotopic (exact) mass is 346 g/mol. The number of carbonyl (C=O) groups excluding carboxylic acids is 1. The van der Waals surface area contributed by atoms with Gasteiger partial charge in [0.2, 0.25) is 0 Å². The lowest BCUT2D eigenvalue weighted by Gasteiger charge is -2.18. The van der Waals surface area contributed by atoms with E-state index in [9.17, 15) is 4.79 Å². The van der Waals surface area contributed by atoms with Crippen LogP contribution in [-0.2, 0) is 0 Å². The fourth-order valence-electron chi connectivity index (χ4n) is 3.47. The summed E-state index contributed by atoms with van der Waals surface area (Å²) in [5.74, 6) is 0.845. The Morgan fingerprint density at radius 2 is 1.85 bits per heavy atom. The Morgan fingerprint density at radius 1 is 1.08 bits per heavy atom. The second kappa shape index (κ2) is 7.12. The molecule has 0 bridgehead atoms. The minimum absolute atomic E-state index is 0.0514. The normalized spacial score (nSPS) is 15.2. The van der Waals surface area contributed by atoms with Gasteiger partial charge in [-0.2, -0.15) is 0 Å². The van der Waals surface area contributed by atoms with E-state index in [-0.39, 0.29) is 11.9 Å². The minimum atomic E-state index is -0.0838. The van der Waals surface area contributed by atoms with Crippen molar-refractivity contribution < 1.29 is 4.79 Å². The molecule has 1 atom stereocenters. The van der Waals surface area contributed by atoms with Crippen LogP contribution in [0.4, 0.5) is 5.82 Å². The van der Waals surface area contributed by atoms with Gasteiger partial charge in [0.05, 0.1) is 11.6 Å². The van der Waals surface area contributed by atoms with E-state index in [1.807, 2.05) is 55.5 Å². The summed E-state index contributed by atoms with van der Waals surface area (Å²) in [4.78, 5) is 23.8. The molecule has 1 aliphatic heterocycles. The molecule has 0 saturated carbocycles. The second-order valence-corrected chi connectivity index (χ2v) is 6.73. The van der Waals surface area contributed by atoms with Crippen LogP contribution in [0.1, 0.15) is 41.7 Å². The number of anilines is 1. The van der Waals surface area contributed by atoms with Crippen molar-refractivity contribution in [3.63, 3.8) is 0 Å². The van der Waals surface area contributed by atoms with Gasteiger partial charge in [-0.3, -0.25) is 4.79 Å². The van der Waals surface area contributed by atoms with E-state index >= 15 is 0 Å². The SMILES string of the molecule is C[C@H](NC(=O)c1ccc2ncnc(N3CCCC3)c2c1)c1ccccc1. The Bertz CT molecular complexity index is 920. The smallest absolute Gasteiger partial charge is 0.251 e. The first-order valence-corrected chi connectivity index (χ1v) is 9.08. The lowest BCUT2D eigenvalue weighted by Crippen LogP contribution is -2.26. The predicted molar refractivity (Wildman–Crippen MR) is 103 cm³/mol. The minimum Gasteiger partial charge on any atom is -0.356 e. The first-order chi connectivity index (χ1) is 12.7. The van der Waals surface area contributed by atoms with Gasteiger partial charge in [0.1, 0.15) is 12.1 Å². The van der Waals surface area contributed by atoms with Gasteiger partial charge < -0.3 is 10.2 Å². The highest BCUT2D eigenvalue weighted by Crippen LogP contribution is 2.27. The molecule has 1 N–H and O–H groups in total. The number of nitrogens with zero attached hydrogens (tertiary/aromatic N) is 3. The second-order valence-electron chi connectivity index (χ2n) is 6.73. The van der Waals surface area contributed by atoms with Crippen LogP contribution in [0.15, 0.2) is 54.9 Å². The zero-order valence-electron chi connectivity index (χ0n) is 14.9. The molecule has 1 aliphatic rings. The molecule has 132 valence electrons. The van der Waals surface area contributed by atoms with Crippen molar-refractivity contribution in [2.45, 2.75) is 25.8 Å². The van der Waals surface area contributed by atoms with E-state index in [0.717, 1.165) is 35.4 Å². The summed E-state index contributed by atoms with van der Waals surface area (Å²) in [7, 11) is 0. The fraction of sp³-hybridized carbons (Fsp3) is 0.286. The number of nitrogens with one attached hydrogen (secondary N) is 1. The number of hydrogen-bond acceptors (Lipinski definition) is 4. The van der Waals surface area contributed by atoms with Crippen molar-refractivity contribution in [2.24, 2.45) is 0 Å². The quantitative estimate of drug-likeness (QED) is 0.782. The van der Waals surface area contributed by atoms with Crippen LogP contribution in [-0.4, -0.2) is 29.0 Å². The first-order valence-electron chi connectivity index (χ1n) is 9.08. The van der Waals surface area contributed by atoms with Crippen LogP contribution in [0, 0.1) is 0 Å².